The first-order chi connectivity index (χ1) is 14.3. The number of methoxy groups -OCH3 is 1. The Bertz CT molecular complexity index is 864. The van der Waals surface area contributed by atoms with Gasteiger partial charge in [-0.05, 0) is 49.9 Å². The lowest BCUT2D eigenvalue weighted by Crippen LogP contribution is -2.37. The maximum absolute atomic E-state index is 12.5. The van der Waals surface area contributed by atoms with Crippen molar-refractivity contribution in [1.29, 1.82) is 0 Å². The van der Waals surface area contributed by atoms with E-state index in [-0.39, 0.29) is 12.8 Å². The monoisotopic (exact) mass is 423 g/mol. The summed E-state index contributed by atoms with van der Waals surface area (Å²) in [5.74, 6) is 0.0680. The minimum atomic E-state index is -4.20. The van der Waals surface area contributed by atoms with Gasteiger partial charge in [0.25, 0.3) is 0 Å². The van der Waals surface area contributed by atoms with Crippen LogP contribution in [0.25, 0.3) is 11.3 Å². The van der Waals surface area contributed by atoms with E-state index < -0.39 is 24.5 Å². The molecule has 0 bridgehead atoms. The van der Waals surface area contributed by atoms with Gasteiger partial charge >= 0.3 is 12.1 Å². The number of alkyl halides is 3. The van der Waals surface area contributed by atoms with Gasteiger partial charge in [-0.3, -0.25) is 9.78 Å². The number of hydrogen-bond donors (Lipinski definition) is 1. The SMILES string of the molecule is COc1ccc(-c2ncc(CCCC(F)(F)F)nc2N2CCC(C(=O)O)CC2)cc1. The molecule has 1 aromatic heterocycles. The molecule has 162 valence electrons. The van der Waals surface area contributed by atoms with Gasteiger partial charge < -0.3 is 14.7 Å². The van der Waals surface area contributed by atoms with E-state index in [0.717, 1.165) is 5.56 Å². The number of aliphatic carboxylic acids is 1. The Labute approximate surface area is 172 Å². The van der Waals surface area contributed by atoms with E-state index in [4.69, 9.17) is 4.74 Å². The molecule has 1 fully saturated rings. The molecule has 0 aliphatic carbocycles. The van der Waals surface area contributed by atoms with E-state index in [1.54, 1.807) is 19.2 Å². The number of piperidine rings is 1. The smallest absolute Gasteiger partial charge is 0.389 e. The number of carbonyl (C=O) groups is 1. The first-order valence-corrected chi connectivity index (χ1v) is 9.81. The lowest BCUT2D eigenvalue weighted by Gasteiger charge is -2.32. The molecule has 2 aromatic rings. The molecule has 0 amide bonds. The molecule has 1 aliphatic heterocycles. The third-order valence-corrected chi connectivity index (χ3v) is 5.20. The van der Waals surface area contributed by atoms with Crippen LogP contribution in [0.15, 0.2) is 30.5 Å². The van der Waals surface area contributed by atoms with E-state index in [1.807, 2.05) is 17.0 Å². The van der Waals surface area contributed by atoms with E-state index in [0.29, 0.717) is 48.9 Å². The molecule has 1 aliphatic rings. The van der Waals surface area contributed by atoms with Crippen molar-refractivity contribution in [3.63, 3.8) is 0 Å². The number of aryl methyl sites for hydroxylation is 1. The van der Waals surface area contributed by atoms with Gasteiger partial charge in [0, 0.05) is 31.3 Å². The van der Waals surface area contributed by atoms with Gasteiger partial charge in [0.1, 0.15) is 11.4 Å². The number of hydrogen-bond acceptors (Lipinski definition) is 5. The normalized spacial score (nSPS) is 15.3. The summed E-state index contributed by atoms with van der Waals surface area (Å²) < 4.78 is 42.6. The molecule has 0 spiro atoms. The van der Waals surface area contributed by atoms with Crippen molar-refractivity contribution in [2.45, 2.75) is 38.3 Å². The molecule has 30 heavy (non-hydrogen) atoms. The Balaban J connectivity index is 1.86. The Morgan fingerprint density at radius 3 is 2.47 bits per heavy atom. The molecule has 0 unspecified atom stereocenters. The summed E-state index contributed by atoms with van der Waals surface area (Å²) in [5, 5.41) is 9.23. The Kier molecular flexibility index (Phi) is 6.79. The van der Waals surface area contributed by atoms with Crippen molar-refractivity contribution in [2.75, 3.05) is 25.1 Å². The van der Waals surface area contributed by atoms with Crippen molar-refractivity contribution in [2.24, 2.45) is 5.92 Å². The van der Waals surface area contributed by atoms with Crippen molar-refractivity contribution in [3.05, 3.63) is 36.2 Å². The fourth-order valence-electron chi connectivity index (χ4n) is 3.52. The molecule has 3 rings (SSSR count). The van der Waals surface area contributed by atoms with Crippen molar-refractivity contribution in [3.8, 4) is 17.0 Å². The maximum Gasteiger partial charge on any atom is 0.389 e. The Morgan fingerprint density at radius 2 is 1.90 bits per heavy atom. The largest absolute Gasteiger partial charge is 0.497 e. The molecule has 2 heterocycles. The summed E-state index contributed by atoms with van der Waals surface area (Å²) in [4.78, 5) is 22.3. The number of ether oxygens (including phenoxy) is 1. The number of halogens is 3. The molecule has 0 saturated carbocycles. The molecule has 1 saturated heterocycles. The summed E-state index contributed by atoms with van der Waals surface area (Å²) >= 11 is 0. The van der Waals surface area contributed by atoms with Gasteiger partial charge in [-0.25, -0.2) is 4.98 Å². The zero-order valence-corrected chi connectivity index (χ0v) is 16.7. The second-order valence-corrected chi connectivity index (χ2v) is 7.33. The number of rotatable bonds is 7. The van der Waals surface area contributed by atoms with E-state index in [2.05, 4.69) is 9.97 Å². The summed E-state index contributed by atoms with van der Waals surface area (Å²) in [6.45, 7) is 1.00. The minimum absolute atomic E-state index is 0.0550. The molecule has 6 nitrogen and oxygen atoms in total. The second kappa shape index (κ2) is 9.32. The highest BCUT2D eigenvalue weighted by molar-refractivity contribution is 5.74. The number of carboxylic acids is 1. The van der Waals surface area contributed by atoms with Crippen LogP contribution in [-0.2, 0) is 11.2 Å². The third-order valence-electron chi connectivity index (χ3n) is 5.20. The number of aromatic nitrogens is 2. The summed E-state index contributed by atoms with van der Waals surface area (Å²) in [6.07, 6.45) is -2.46. The Hall–Kier alpha value is -2.84. The van der Waals surface area contributed by atoms with Crippen LogP contribution >= 0.6 is 0 Å². The molecular formula is C21H24F3N3O3. The van der Waals surface area contributed by atoms with Crippen molar-refractivity contribution >= 4 is 11.8 Å². The van der Waals surface area contributed by atoms with Crippen LogP contribution in [0, 0.1) is 5.92 Å². The highest BCUT2D eigenvalue weighted by atomic mass is 19.4. The average molecular weight is 423 g/mol. The second-order valence-electron chi connectivity index (χ2n) is 7.33. The van der Waals surface area contributed by atoms with E-state index in [9.17, 15) is 23.1 Å². The highest BCUT2D eigenvalue weighted by Gasteiger charge is 2.28. The zero-order chi connectivity index (χ0) is 21.7. The van der Waals surface area contributed by atoms with Crippen molar-refractivity contribution in [1.82, 2.24) is 9.97 Å². The summed E-state index contributed by atoms with van der Waals surface area (Å²) in [7, 11) is 1.57. The topological polar surface area (TPSA) is 75.6 Å². The molecule has 1 aromatic carbocycles. The summed E-state index contributed by atoms with van der Waals surface area (Å²) in [5.41, 5.74) is 1.92. The van der Waals surface area contributed by atoms with Gasteiger partial charge in [-0.2, -0.15) is 13.2 Å². The molecule has 0 radical (unpaired) electrons. The lowest BCUT2D eigenvalue weighted by molar-refractivity contribution is -0.142. The van der Waals surface area contributed by atoms with Gasteiger partial charge in [-0.15, -0.1) is 0 Å². The predicted molar refractivity (Wildman–Crippen MR) is 106 cm³/mol. The van der Waals surface area contributed by atoms with Crippen LogP contribution in [0.3, 0.4) is 0 Å². The molecule has 1 N–H and O–H groups in total. The fourth-order valence-corrected chi connectivity index (χ4v) is 3.52. The molecule has 0 atom stereocenters. The number of anilines is 1. The van der Waals surface area contributed by atoms with Gasteiger partial charge in [0.2, 0.25) is 0 Å². The average Bonchev–Trinajstić information content (AvgIpc) is 2.73. The number of carboxylic acid groups (broad SMARTS) is 1. The van der Waals surface area contributed by atoms with Crippen LogP contribution in [-0.4, -0.2) is 47.4 Å². The summed E-state index contributed by atoms with van der Waals surface area (Å²) in [6, 6.07) is 7.29. The van der Waals surface area contributed by atoms with Gasteiger partial charge in [-0.1, -0.05) is 0 Å². The first-order valence-electron chi connectivity index (χ1n) is 9.81. The Morgan fingerprint density at radius 1 is 1.23 bits per heavy atom. The number of nitrogens with zero attached hydrogens (tertiary/aromatic N) is 3. The number of benzene rings is 1. The lowest BCUT2D eigenvalue weighted by atomic mass is 9.97. The fraction of sp³-hybridized carbons (Fsp3) is 0.476. The standard InChI is InChI=1S/C21H24F3N3O3/c1-30-17-6-4-14(5-7-17)18-19(27-11-8-15(9-12-27)20(28)29)26-16(13-25-18)3-2-10-21(22,23)24/h4-7,13,15H,2-3,8-12H2,1H3,(H,28,29). The quantitative estimate of drug-likeness (QED) is 0.714. The van der Waals surface area contributed by atoms with E-state index >= 15 is 0 Å². The van der Waals surface area contributed by atoms with Crippen LogP contribution in [0.2, 0.25) is 0 Å². The molecule has 9 heteroatoms. The minimum Gasteiger partial charge on any atom is -0.497 e. The first kappa shape index (κ1) is 21.9. The van der Waals surface area contributed by atoms with E-state index in [1.165, 1.54) is 6.20 Å². The highest BCUT2D eigenvalue weighted by Crippen LogP contribution is 2.32. The van der Waals surface area contributed by atoms with Crippen LogP contribution in [0.1, 0.15) is 31.4 Å². The molecular weight excluding hydrogens is 399 g/mol. The zero-order valence-electron chi connectivity index (χ0n) is 16.7. The van der Waals surface area contributed by atoms with Crippen LogP contribution in [0.5, 0.6) is 5.75 Å². The van der Waals surface area contributed by atoms with Gasteiger partial charge in [0.05, 0.1) is 18.7 Å². The van der Waals surface area contributed by atoms with Gasteiger partial charge in [0.15, 0.2) is 5.82 Å². The van der Waals surface area contributed by atoms with Crippen molar-refractivity contribution < 1.29 is 27.8 Å². The third kappa shape index (κ3) is 5.61. The van der Waals surface area contributed by atoms with Crippen LogP contribution < -0.4 is 9.64 Å². The maximum atomic E-state index is 12.5. The predicted octanol–water partition coefficient (Wildman–Crippen LogP) is 4.34. The van der Waals surface area contributed by atoms with Crippen LogP contribution in [0.4, 0.5) is 19.0 Å².